The highest BCUT2D eigenvalue weighted by Crippen LogP contribution is 2.36. The number of pyridine rings is 1. The molecule has 0 aliphatic carbocycles. The van der Waals surface area contributed by atoms with Crippen LogP contribution in [-0.4, -0.2) is 47.8 Å². The molecule has 30 heavy (non-hydrogen) atoms. The van der Waals surface area contributed by atoms with Gasteiger partial charge in [0.25, 0.3) is 5.56 Å². The third-order valence-corrected chi connectivity index (χ3v) is 7.03. The Balaban J connectivity index is 1.23. The van der Waals surface area contributed by atoms with Crippen LogP contribution in [0.3, 0.4) is 0 Å². The van der Waals surface area contributed by atoms with Crippen LogP contribution in [-0.2, 0) is 11.3 Å². The van der Waals surface area contributed by atoms with Crippen LogP contribution in [0.1, 0.15) is 41.2 Å². The summed E-state index contributed by atoms with van der Waals surface area (Å²) < 4.78 is 1.91. The number of nitrogens with zero attached hydrogens (tertiary/aromatic N) is 3. The lowest BCUT2D eigenvalue weighted by Gasteiger charge is -2.44. The smallest absolute Gasteiger partial charge is 0.250 e. The summed E-state index contributed by atoms with van der Waals surface area (Å²) in [7, 11) is 0. The van der Waals surface area contributed by atoms with Crippen LogP contribution in [0.5, 0.6) is 0 Å². The topological polar surface area (TPSA) is 62.6 Å². The molecule has 0 spiro atoms. The number of rotatable bonds is 3. The van der Waals surface area contributed by atoms with Crippen molar-refractivity contribution in [1.29, 1.82) is 0 Å². The molecule has 156 valence electrons. The molecular formula is C24H27N3O3. The van der Waals surface area contributed by atoms with Crippen molar-refractivity contribution in [3.8, 4) is 0 Å². The number of hydrogen-bond donors (Lipinski definition) is 0. The van der Waals surface area contributed by atoms with Gasteiger partial charge >= 0.3 is 0 Å². The number of aldehydes is 1. The van der Waals surface area contributed by atoms with E-state index in [1.807, 2.05) is 41.0 Å². The van der Waals surface area contributed by atoms with Crippen molar-refractivity contribution in [2.24, 2.45) is 11.8 Å². The molecule has 5 rings (SSSR count). The van der Waals surface area contributed by atoms with Crippen molar-refractivity contribution in [2.75, 3.05) is 31.1 Å². The Labute approximate surface area is 176 Å². The van der Waals surface area contributed by atoms with Gasteiger partial charge < -0.3 is 14.4 Å². The minimum Gasteiger partial charge on any atom is -0.371 e. The molecule has 0 N–H and O–H groups in total. The van der Waals surface area contributed by atoms with E-state index in [0.717, 1.165) is 69.7 Å². The Hall–Kier alpha value is -2.89. The lowest BCUT2D eigenvalue weighted by Crippen LogP contribution is -2.51. The van der Waals surface area contributed by atoms with Crippen LogP contribution >= 0.6 is 0 Å². The summed E-state index contributed by atoms with van der Waals surface area (Å²) >= 11 is 0. The molecule has 6 heteroatoms. The number of amides is 1. The predicted molar refractivity (Wildman–Crippen MR) is 115 cm³/mol. The van der Waals surface area contributed by atoms with E-state index in [1.165, 1.54) is 0 Å². The fourth-order valence-electron chi connectivity index (χ4n) is 5.48. The summed E-state index contributed by atoms with van der Waals surface area (Å²) in [5.74, 6) is 1.00. The number of fused-ring (bicyclic) bond motifs is 4. The fraction of sp³-hybridized carbons (Fsp3) is 0.458. The average Bonchev–Trinajstić information content (AvgIpc) is 2.79. The van der Waals surface area contributed by atoms with E-state index >= 15 is 0 Å². The molecule has 1 aromatic heterocycles. The standard InChI is InChI=1S/C24H27N3O3/c28-16-17-4-6-21(7-5-17)25-10-8-19(9-11-25)24(30)26-13-18-12-20(15-26)22-2-1-3-23(29)27(22)14-18/h1-7,16,18-20H,8-15H2/t18-,20+/m0/s1. The molecule has 0 saturated carbocycles. The largest absolute Gasteiger partial charge is 0.371 e. The molecule has 1 aromatic carbocycles. The van der Waals surface area contributed by atoms with E-state index in [4.69, 9.17) is 0 Å². The van der Waals surface area contributed by atoms with Crippen LogP contribution in [0.25, 0.3) is 0 Å². The molecule has 0 radical (unpaired) electrons. The van der Waals surface area contributed by atoms with Gasteiger partial charge in [-0.2, -0.15) is 0 Å². The van der Waals surface area contributed by atoms with Gasteiger partial charge in [0.15, 0.2) is 0 Å². The molecule has 3 aliphatic heterocycles. The minimum absolute atomic E-state index is 0.0762. The van der Waals surface area contributed by atoms with Crippen molar-refractivity contribution in [3.05, 3.63) is 64.1 Å². The van der Waals surface area contributed by atoms with E-state index in [0.29, 0.717) is 11.5 Å². The average molecular weight is 405 g/mol. The van der Waals surface area contributed by atoms with Gasteiger partial charge in [0.05, 0.1) is 0 Å². The van der Waals surface area contributed by atoms with E-state index in [1.54, 1.807) is 6.07 Å². The molecule has 4 heterocycles. The van der Waals surface area contributed by atoms with E-state index in [2.05, 4.69) is 9.80 Å². The zero-order valence-corrected chi connectivity index (χ0v) is 17.1. The summed E-state index contributed by atoms with van der Waals surface area (Å²) in [5, 5.41) is 0. The Kier molecular flexibility index (Phi) is 4.93. The Morgan fingerprint density at radius 2 is 1.73 bits per heavy atom. The van der Waals surface area contributed by atoms with Crippen LogP contribution < -0.4 is 10.5 Å². The quantitative estimate of drug-likeness (QED) is 0.737. The van der Waals surface area contributed by atoms with Gasteiger partial charge in [0, 0.05) is 67.6 Å². The normalized spacial score (nSPS) is 23.7. The van der Waals surface area contributed by atoms with Crippen LogP contribution in [0, 0.1) is 11.8 Å². The van der Waals surface area contributed by atoms with E-state index in [-0.39, 0.29) is 23.3 Å². The molecule has 2 bridgehead atoms. The van der Waals surface area contributed by atoms with Gasteiger partial charge in [0.2, 0.25) is 5.91 Å². The lowest BCUT2D eigenvalue weighted by molar-refractivity contribution is -0.139. The maximum Gasteiger partial charge on any atom is 0.250 e. The number of benzene rings is 1. The number of piperidine rings is 2. The van der Waals surface area contributed by atoms with Gasteiger partial charge in [0.1, 0.15) is 6.29 Å². The second-order valence-electron chi connectivity index (χ2n) is 8.91. The Bertz CT molecular complexity index is 1010. The molecule has 2 aromatic rings. The molecule has 6 nitrogen and oxygen atoms in total. The molecule has 2 fully saturated rings. The van der Waals surface area contributed by atoms with Crippen molar-refractivity contribution in [3.63, 3.8) is 0 Å². The van der Waals surface area contributed by atoms with Crippen molar-refractivity contribution in [1.82, 2.24) is 9.47 Å². The first kappa shape index (κ1) is 19.1. The van der Waals surface area contributed by atoms with Gasteiger partial charge in [-0.05, 0) is 55.5 Å². The zero-order valence-electron chi connectivity index (χ0n) is 17.1. The SMILES string of the molecule is O=Cc1ccc(N2CCC(C(=O)N3C[C@@H]4C[C@H](C3)c3cccc(=O)n3C4)CC2)cc1. The lowest BCUT2D eigenvalue weighted by atomic mass is 9.82. The second kappa shape index (κ2) is 7.74. The summed E-state index contributed by atoms with van der Waals surface area (Å²) in [6.07, 6.45) is 3.65. The maximum absolute atomic E-state index is 13.3. The second-order valence-corrected chi connectivity index (χ2v) is 8.91. The third kappa shape index (κ3) is 3.44. The maximum atomic E-state index is 13.3. The number of anilines is 1. The van der Waals surface area contributed by atoms with Crippen LogP contribution in [0.4, 0.5) is 5.69 Å². The summed E-state index contributed by atoms with van der Waals surface area (Å²) in [6, 6.07) is 13.2. The zero-order chi connectivity index (χ0) is 20.7. The number of carbonyl (C=O) groups is 2. The highest BCUT2D eigenvalue weighted by Gasteiger charge is 2.38. The first-order chi connectivity index (χ1) is 14.6. The summed E-state index contributed by atoms with van der Waals surface area (Å²) in [6.45, 7) is 3.94. The summed E-state index contributed by atoms with van der Waals surface area (Å²) in [4.78, 5) is 40.7. The predicted octanol–water partition coefficient (Wildman–Crippen LogP) is 2.52. The molecular weight excluding hydrogens is 378 g/mol. The van der Waals surface area contributed by atoms with Crippen LogP contribution in [0.2, 0.25) is 0 Å². The van der Waals surface area contributed by atoms with E-state index in [9.17, 15) is 14.4 Å². The van der Waals surface area contributed by atoms with Gasteiger partial charge in [-0.15, -0.1) is 0 Å². The first-order valence-corrected chi connectivity index (χ1v) is 10.9. The number of likely N-dealkylation sites (tertiary alicyclic amines) is 1. The highest BCUT2D eigenvalue weighted by atomic mass is 16.2. The Morgan fingerprint density at radius 1 is 0.967 bits per heavy atom. The highest BCUT2D eigenvalue weighted by molar-refractivity contribution is 5.79. The van der Waals surface area contributed by atoms with Crippen molar-refractivity contribution < 1.29 is 9.59 Å². The van der Waals surface area contributed by atoms with Crippen molar-refractivity contribution >= 4 is 17.9 Å². The minimum atomic E-state index is 0.0762. The number of hydrogen-bond acceptors (Lipinski definition) is 4. The van der Waals surface area contributed by atoms with Crippen LogP contribution in [0.15, 0.2) is 47.3 Å². The van der Waals surface area contributed by atoms with Gasteiger partial charge in [-0.25, -0.2) is 0 Å². The monoisotopic (exact) mass is 405 g/mol. The van der Waals surface area contributed by atoms with Gasteiger partial charge in [-0.3, -0.25) is 14.4 Å². The molecule has 2 saturated heterocycles. The van der Waals surface area contributed by atoms with Gasteiger partial charge in [-0.1, -0.05) is 6.07 Å². The van der Waals surface area contributed by atoms with Crippen molar-refractivity contribution in [2.45, 2.75) is 31.7 Å². The molecule has 3 aliphatic rings. The molecule has 0 unspecified atom stereocenters. The molecule has 2 atom stereocenters. The molecule has 1 amide bonds. The Morgan fingerprint density at radius 3 is 2.47 bits per heavy atom. The first-order valence-electron chi connectivity index (χ1n) is 10.9. The van der Waals surface area contributed by atoms with E-state index < -0.39 is 0 Å². The third-order valence-electron chi connectivity index (χ3n) is 7.03. The summed E-state index contributed by atoms with van der Waals surface area (Å²) in [5.41, 5.74) is 2.96. The fourth-order valence-corrected chi connectivity index (χ4v) is 5.48. The number of aromatic nitrogens is 1. The number of carbonyl (C=O) groups excluding carboxylic acids is 2.